The quantitative estimate of drug-likeness (QED) is 0.276. The van der Waals surface area contributed by atoms with Crippen LogP contribution in [-0.4, -0.2) is 52.0 Å². The van der Waals surface area contributed by atoms with Gasteiger partial charge in [-0.1, -0.05) is 20.8 Å². The Bertz CT molecular complexity index is 1050. The maximum absolute atomic E-state index is 14.2. The highest BCUT2D eigenvalue weighted by Gasteiger charge is 2.83. The first-order chi connectivity index (χ1) is 14.6. The molecule has 0 aliphatic carbocycles. The van der Waals surface area contributed by atoms with Gasteiger partial charge in [0.05, 0.1) is 13.2 Å². The van der Waals surface area contributed by atoms with Crippen LogP contribution in [-0.2, 0) is 48.3 Å². The molecule has 0 radical (unpaired) electrons. The second kappa shape index (κ2) is 9.20. The Morgan fingerprint density at radius 1 is 0.818 bits per heavy atom. The SMILES string of the molecule is COCc1cc(C(C)(C)C)cc(COC)c1OS(=O)(=O)C(F)(F)C(F)(F)C(F)(F)S(=O)(=O)O. The molecule has 0 aromatic heterocycles. The van der Waals surface area contributed by atoms with Crippen LogP contribution in [0.25, 0.3) is 0 Å². The zero-order valence-corrected chi connectivity index (χ0v) is 19.6. The summed E-state index contributed by atoms with van der Waals surface area (Å²) in [5.41, 5.74) is -0.555. The Morgan fingerprint density at radius 3 is 1.52 bits per heavy atom. The zero-order valence-electron chi connectivity index (χ0n) is 18.0. The van der Waals surface area contributed by atoms with Crippen LogP contribution in [0.3, 0.4) is 0 Å². The Kier molecular flexibility index (Phi) is 8.20. The van der Waals surface area contributed by atoms with Gasteiger partial charge in [-0.05, 0) is 23.1 Å². The smallest absolute Gasteiger partial charge is 0.380 e. The fraction of sp³-hybridized carbons (Fsp3) is 0.647. The van der Waals surface area contributed by atoms with Gasteiger partial charge in [0.1, 0.15) is 0 Å². The Labute approximate surface area is 186 Å². The molecule has 192 valence electrons. The van der Waals surface area contributed by atoms with Crippen LogP contribution in [0.5, 0.6) is 5.75 Å². The summed E-state index contributed by atoms with van der Waals surface area (Å²) in [5.74, 6) is -8.09. The average molecular weight is 532 g/mol. The van der Waals surface area contributed by atoms with E-state index < -0.39 is 61.0 Å². The predicted octanol–water partition coefficient (Wildman–Crippen LogP) is 3.69. The van der Waals surface area contributed by atoms with Crippen molar-refractivity contribution in [2.75, 3.05) is 14.2 Å². The normalized spacial score (nSPS) is 14.4. The average Bonchev–Trinajstić information content (AvgIpc) is 2.62. The number of ether oxygens (including phenoxy) is 2. The summed E-state index contributed by atoms with van der Waals surface area (Å²) in [4.78, 5) is 0. The van der Waals surface area contributed by atoms with Gasteiger partial charge in [-0.2, -0.15) is 43.2 Å². The molecule has 0 saturated heterocycles. The number of hydrogen-bond donors (Lipinski definition) is 1. The van der Waals surface area contributed by atoms with Gasteiger partial charge >= 0.3 is 36.7 Å². The third-order valence-corrected chi connectivity index (χ3v) is 6.45. The number of rotatable bonds is 10. The van der Waals surface area contributed by atoms with E-state index in [1.165, 1.54) is 12.1 Å². The summed E-state index contributed by atoms with van der Waals surface area (Å²) in [5, 5.41) is -13.7. The first kappa shape index (κ1) is 29.4. The summed E-state index contributed by atoms with van der Waals surface area (Å²) < 4.78 is 150. The highest BCUT2D eigenvalue weighted by Crippen LogP contribution is 2.51. The first-order valence-corrected chi connectivity index (χ1v) is 11.6. The van der Waals surface area contributed by atoms with E-state index in [0.717, 1.165) is 14.2 Å². The van der Waals surface area contributed by atoms with Crippen molar-refractivity contribution in [3.05, 3.63) is 28.8 Å². The highest BCUT2D eigenvalue weighted by atomic mass is 32.2. The maximum atomic E-state index is 14.2. The van der Waals surface area contributed by atoms with Crippen molar-refractivity contribution < 1.29 is 61.4 Å². The van der Waals surface area contributed by atoms with Crippen molar-refractivity contribution in [3.8, 4) is 5.75 Å². The molecule has 0 unspecified atom stereocenters. The van der Waals surface area contributed by atoms with Gasteiger partial charge in [0, 0.05) is 25.3 Å². The molecule has 0 heterocycles. The van der Waals surface area contributed by atoms with Crippen molar-refractivity contribution in [1.82, 2.24) is 0 Å². The minimum Gasteiger partial charge on any atom is -0.380 e. The maximum Gasteiger partial charge on any atom is 0.450 e. The second-order valence-electron chi connectivity index (χ2n) is 7.86. The molecule has 1 aromatic carbocycles. The van der Waals surface area contributed by atoms with Gasteiger partial charge in [0.25, 0.3) is 0 Å². The lowest BCUT2D eigenvalue weighted by molar-refractivity contribution is -0.247. The fourth-order valence-electron chi connectivity index (χ4n) is 2.47. The largest absolute Gasteiger partial charge is 0.450 e. The van der Waals surface area contributed by atoms with Crippen LogP contribution in [0, 0.1) is 0 Å². The third-order valence-electron chi connectivity index (χ3n) is 4.27. The molecule has 1 aromatic rings. The lowest BCUT2D eigenvalue weighted by atomic mass is 9.85. The monoisotopic (exact) mass is 532 g/mol. The first-order valence-electron chi connectivity index (χ1n) is 8.77. The van der Waals surface area contributed by atoms with Crippen LogP contribution in [0.15, 0.2) is 12.1 Å². The van der Waals surface area contributed by atoms with Crippen molar-refractivity contribution in [2.45, 2.75) is 55.8 Å². The Balaban J connectivity index is 3.76. The molecule has 0 saturated carbocycles. The van der Waals surface area contributed by atoms with E-state index in [-0.39, 0.29) is 11.1 Å². The van der Waals surface area contributed by atoms with Crippen LogP contribution < -0.4 is 4.18 Å². The van der Waals surface area contributed by atoms with E-state index in [1.807, 2.05) is 0 Å². The molecule has 0 aliphatic rings. The minimum absolute atomic E-state index is 0.235. The van der Waals surface area contributed by atoms with Crippen LogP contribution in [0.2, 0.25) is 0 Å². The minimum atomic E-state index is -7.16. The van der Waals surface area contributed by atoms with Crippen LogP contribution in [0.4, 0.5) is 26.3 Å². The molecule has 0 atom stereocenters. The Hall–Kier alpha value is -1.62. The summed E-state index contributed by atoms with van der Waals surface area (Å²) in [6.45, 7) is 4.25. The van der Waals surface area contributed by atoms with Crippen molar-refractivity contribution in [1.29, 1.82) is 0 Å². The molecule has 1 N–H and O–H groups in total. The molecule has 33 heavy (non-hydrogen) atoms. The molecular formula is C17H22F6O8S2. The fourth-order valence-corrected chi connectivity index (χ4v) is 3.97. The predicted molar refractivity (Wildman–Crippen MR) is 103 cm³/mol. The molecule has 0 aliphatic heterocycles. The second-order valence-corrected chi connectivity index (χ2v) is 10.9. The molecule has 0 fully saturated rings. The molecule has 0 bridgehead atoms. The van der Waals surface area contributed by atoms with E-state index in [1.54, 1.807) is 20.8 Å². The van der Waals surface area contributed by atoms with E-state index in [4.69, 9.17) is 14.0 Å². The number of halogens is 6. The molecule has 0 spiro atoms. The standard InChI is InChI=1S/C17H22F6O8S2/c1-14(2,3)12-6-10(8-29-4)13(11(7-12)9-30-5)31-33(27,28)17(22,23)15(18,19)16(20,21)32(24,25)26/h6-7H,8-9H2,1-5H3,(H,24,25,26). The zero-order chi connectivity index (χ0) is 26.3. The molecule has 8 nitrogen and oxygen atoms in total. The van der Waals surface area contributed by atoms with E-state index in [9.17, 15) is 43.2 Å². The number of alkyl halides is 6. The van der Waals surface area contributed by atoms with Gasteiger partial charge in [0.15, 0.2) is 5.75 Å². The van der Waals surface area contributed by atoms with Crippen molar-refractivity contribution in [3.63, 3.8) is 0 Å². The van der Waals surface area contributed by atoms with Gasteiger partial charge in [-0.3, -0.25) is 4.55 Å². The van der Waals surface area contributed by atoms with Gasteiger partial charge in [-0.25, -0.2) is 0 Å². The van der Waals surface area contributed by atoms with Gasteiger partial charge < -0.3 is 13.7 Å². The van der Waals surface area contributed by atoms with E-state index in [0.29, 0.717) is 5.56 Å². The van der Waals surface area contributed by atoms with Gasteiger partial charge in [0.2, 0.25) is 0 Å². The summed E-state index contributed by atoms with van der Waals surface area (Å²) >= 11 is 0. The van der Waals surface area contributed by atoms with E-state index >= 15 is 0 Å². The topological polar surface area (TPSA) is 116 Å². The number of hydrogen-bond acceptors (Lipinski definition) is 7. The van der Waals surface area contributed by atoms with Crippen molar-refractivity contribution >= 4 is 20.2 Å². The van der Waals surface area contributed by atoms with Gasteiger partial charge in [-0.15, -0.1) is 0 Å². The molecule has 1 rings (SSSR count). The van der Waals surface area contributed by atoms with E-state index in [2.05, 4.69) is 4.18 Å². The van der Waals surface area contributed by atoms with Crippen molar-refractivity contribution in [2.24, 2.45) is 0 Å². The number of methoxy groups -OCH3 is 2. The highest BCUT2D eigenvalue weighted by molar-refractivity contribution is 7.88. The summed E-state index contributed by atoms with van der Waals surface area (Å²) in [6.07, 6.45) is 0. The lowest BCUT2D eigenvalue weighted by Crippen LogP contribution is -2.61. The Morgan fingerprint density at radius 2 is 1.21 bits per heavy atom. The van der Waals surface area contributed by atoms with Crippen LogP contribution in [0.1, 0.15) is 37.5 Å². The number of benzene rings is 1. The lowest BCUT2D eigenvalue weighted by Gasteiger charge is -2.30. The third kappa shape index (κ3) is 5.39. The molecule has 16 heteroatoms. The molecule has 0 amide bonds. The summed E-state index contributed by atoms with van der Waals surface area (Å²) in [7, 11) is -11.9. The summed E-state index contributed by atoms with van der Waals surface area (Å²) in [6, 6.07) is 2.52. The molecular weight excluding hydrogens is 510 g/mol. The van der Waals surface area contributed by atoms with Crippen LogP contribution >= 0.6 is 0 Å².